The van der Waals surface area contributed by atoms with Crippen LogP contribution in [-0.2, 0) is 17.8 Å². The molecule has 0 saturated carbocycles. The number of carbonyl (C=O) groups is 1. The molecule has 7 heteroatoms. The van der Waals surface area contributed by atoms with Crippen LogP contribution >= 0.6 is 11.3 Å². The van der Waals surface area contributed by atoms with E-state index in [0.29, 0.717) is 19.5 Å². The topological polar surface area (TPSA) is 80.0 Å². The van der Waals surface area contributed by atoms with Crippen LogP contribution in [0.1, 0.15) is 24.0 Å². The van der Waals surface area contributed by atoms with E-state index in [1.54, 1.807) is 30.0 Å². The molecule has 0 unspecified atom stereocenters. The fourth-order valence-electron chi connectivity index (χ4n) is 2.20. The van der Waals surface area contributed by atoms with Gasteiger partial charge in [0.05, 0.1) is 18.2 Å². The molecule has 0 bridgehead atoms. The molecule has 0 fully saturated rings. The van der Waals surface area contributed by atoms with Gasteiger partial charge in [0.25, 0.3) is 0 Å². The largest absolute Gasteiger partial charge is 0.467 e. The summed E-state index contributed by atoms with van der Waals surface area (Å²) in [4.78, 5) is 22.6. The maximum absolute atomic E-state index is 11.8. The number of aromatic nitrogens is 2. The molecule has 3 aromatic rings. The second-order valence-corrected chi connectivity index (χ2v) is 6.16. The summed E-state index contributed by atoms with van der Waals surface area (Å²) in [6.45, 7) is 3.05. The van der Waals surface area contributed by atoms with E-state index in [1.807, 2.05) is 6.07 Å². The number of hydrogen-bond acceptors (Lipinski definition) is 6. The Hall–Kier alpha value is -2.41. The molecule has 0 aliphatic heterocycles. The number of amides is 1. The molecule has 0 atom stereocenters. The monoisotopic (exact) mass is 330 g/mol. The Labute approximate surface area is 137 Å². The van der Waals surface area contributed by atoms with Crippen LogP contribution in [0.5, 0.6) is 0 Å². The highest BCUT2D eigenvalue weighted by molar-refractivity contribution is 7.18. The first-order chi connectivity index (χ1) is 11.3. The second kappa shape index (κ2) is 7.23. The van der Waals surface area contributed by atoms with E-state index < -0.39 is 0 Å². The van der Waals surface area contributed by atoms with Gasteiger partial charge in [0.2, 0.25) is 5.91 Å². The Balaban J connectivity index is 1.52. The fourth-order valence-corrected chi connectivity index (χ4v) is 3.14. The summed E-state index contributed by atoms with van der Waals surface area (Å²) < 4.78 is 5.17. The van der Waals surface area contributed by atoms with Crippen molar-refractivity contribution in [2.45, 2.75) is 26.3 Å². The third-order valence-electron chi connectivity index (χ3n) is 3.41. The number of furan rings is 1. The average molecular weight is 330 g/mol. The van der Waals surface area contributed by atoms with E-state index in [0.717, 1.165) is 28.2 Å². The fraction of sp³-hybridized carbons (Fsp3) is 0.312. The molecular weight excluding hydrogens is 312 g/mol. The lowest BCUT2D eigenvalue weighted by molar-refractivity contribution is -0.121. The molecular formula is C16H18N4O2S. The molecule has 0 aliphatic carbocycles. The molecule has 1 amide bonds. The lowest BCUT2D eigenvalue weighted by atomic mass is 10.3. The number of fused-ring (bicyclic) bond motifs is 1. The number of aryl methyl sites for hydroxylation is 1. The summed E-state index contributed by atoms with van der Waals surface area (Å²) in [5, 5.41) is 7.06. The van der Waals surface area contributed by atoms with Crippen molar-refractivity contribution < 1.29 is 9.21 Å². The van der Waals surface area contributed by atoms with Crippen molar-refractivity contribution in [1.29, 1.82) is 0 Å². The Morgan fingerprint density at radius 1 is 1.39 bits per heavy atom. The highest BCUT2D eigenvalue weighted by Gasteiger charge is 2.08. The molecule has 0 spiro atoms. The van der Waals surface area contributed by atoms with Crippen molar-refractivity contribution in [2.24, 2.45) is 0 Å². The summed E-state index contributed by atoms with van der Waals surface area (Å²) in [6, 6.07) is 5.74. The minimum Gasteiger partial charge on any atom is -0.467 e. The first kappa shape index (κ1) is 15.5. The van der Waals surface area contributed by atoms with Gasteiger partial charge in [-0.15, -0.1) is 11.3 Å². The Kier molecular flexibility index (Phi) is 4.87. The predicted molar refractivity (Wildman–Crippen MR) is 90.5 cm³/mol. The zero-order valence-corrected chi connectivity index (χ0v) is 13.7. The number of carbonyl (C=O) groups excluding carboxylic acids is 1. The molecule has 0 aliphatic rings. The third-order valence-corrected chi connectivity index (χ3v) is 4.60. The maximum atomic E-state index is 11.8. The molecule has 3 aromatic heterocycles. The summed E-state index contributed by atoms with van der Waals surface area (Å²) in [6.07, 6.45) is 4.50. The Morgan fingerprint density at radius 2 is 2.30 bits per heavy atom. The number of rotatable bonds is 7. The summed E-state index contributed by atoms with van der Waals surface area (Å²) in [7, 11) is 0. The highest BCUT2D eigenvalue weighted by atomic mass is 32.1. The smallest absolute Gasteiger partial charge is 0.222 e. The Bertz CT molecular complexity index is 783. The lowest BCUT2D eigenvalue weighted by Crippen LogP contribution is -2.24. The normalized spacial score (nSPS) is 10.8. The molecule has 0 radical (unpaired) electrons. The lowest BCUT2D eigenvalue weighted by Gasteiger charge is -2.06. The summed E-state index contributed by atoms with van der Waals surface area (Å²) >= 11 is 1.68. The quantitative estimate of drug-likeness (QED) is 0.696. The summed E-state index contributed by atoms with van der Waals surface area (Å²) in [5.74, 6) is 1.50. The maximum Gasteiger partial charge on any atom is 0.222 e. The SMILES string of the molecule is CCc1cc2c(NCCC(=O)NCc3ccco3)ncnc2s1. The van der Waals surface area contributed by atoms with Crippen LogP contribution in [0, 0.1) is 0 Å². The van der Waals surface area contributed by atoms with Gasteiger partial charge in [0.1, 0.15) is 22.7 Å². The van der Waals surface area contributed by atoms with E-state index in [9.17, 15) is 4.79 Å². The molecule has 3 rings (SSSR count). The molecule has 0 saturated heterocycles. The number of nitrogens with one attached hydrogen (secondary N) is 2. The third kappa shape index (κ3) is 3.87. The van der Waals surface area contributed by atoms with Gasteiger partial charge >= 0.3 is 0 Å². The molecule has 2 N–H and O–H groups in total. The van der Waals surface area contributed by atoms with Crippen LogP contribution < -0.4 is 10.6 Å². The van der Waals surface area contributed by atoms with Gasteiger partial charge in [-0.25, -0.2) is 9.97 Å². The standard InChI is InChI=1S/C16H18N4O2S/c1-2-12-8-13-15(19-10-20-16(13)23-12)17-6-5-14(21)18-9-11-4-3-7-22-11/h3-4,7-8,10H,2,5-6,9H2,1H3,(H,18,21)(H,17,19,20). The van der Waals surface area contributed by atoms with Crippen LogP contribution in [0.4, 0.5) is 5.82 Å². The zero-order valence-electron chi connectivity index (χ0n) is 12.8. The van der Waals surface area contributed by atoms with Crippen LogP contribution in [-0.4, -0.2) is 22.4 Å². The van der Waals surface area contributed by atoms with E-state index in [1.165, 1.54) is 4.88 Å². The number of hydrogen-bond donors (Lipinski definition) is 2. The van der Waals surface area contributed by atoms with Crippen molar-refractivity contribution in [1.82, 2.24) is 15.3 Å². The van der Waals surface area contributed by atoms with Crippen molar-refractivity contribution >= 4 is 33.3 Å². The predicted octanol–water partition coefficient (Wildman–Crippen LogP) is 2.97. The zero-order chi connectivity index (χ0) is 16.1. The van der Waals surface area contributed by atoms with Gasteiger partial charge < -0.3 is 15.1 Å². The number of nitrogens with zero attached hydrogens (tertiary/aromatic N) is 2. The first-order valence-electron chi connectivity index (χ1n) is 7.52. The molecule has 0 aromatic carbocycles. The van der Waals surface area contributed by atoms with Crippen molar-refractivity contribution in [3.63, 3.8) is 0 Å². The van der Waals surface area contributed by atoms with Crippen molar-refractivity contribution in [2.75, 3.05) is 11.9 Å². The van der Waals surface area contributed by atoms with Crippen LogP contribution in [0.15, 0.2) is 35.2 Å². The van der Waals surface area contributed by atoms with Crippen LogP contribution in [0.25, 0.3) is 10.2 Å². The average Bonchev–Trinajstić information content (AvgIpc) is 3.22. The van der Waals surface area contributed by atoms with Crippen molar-refractivity contribution in [3.8, 4) is 0 Å². The van der Waals surface area contributed by atoms with Gasteiger partial charge in [-0.2, -0.15) is 0 Å². The van der Waals surface area contributed by atoms with E-state index in [4.69, 9.17) is 4.42 Å². The molecule has 3 heterocycles. The van der Waals surface area contributed by atoms with E-state index in [-0.39, 0.29) is 5.91 Å². The molecule has 6 nitrogen and oxygen atoms in total. The van der Waals surface area contributed by atoms with E-state index >= 15 is 0 Å². The van der Waals surface area contributed by atoms with Crippen molar-refractivity contribution in [3.05, 3.63) is 41.4 Å². The number of thiophene rings is 1. The second-order valence-electron chi connectivity index (χ2n) is 5.04. The summed E-state index contributed by atoms with van der Waals surface area (Å²) in [5.41, 5.74) is 0. The Morgan fingerprint density at radius 3 is 3.09 bits per heavy atom. The van der Waals surface area contributed by atoms with Gasteiger partial charge in [-0.05, 0) is 24.6 Å². The molecule has 23 heavy (non-hydrogen) atoms. The van der Waals surface area contributed by atoms with Gasteiger partial charge in [0, 0.05) is 17.8 Å². The van der Waals surface area contributed by atoms with Gasteiger partial charge in [-0.1, -0.05) is 6.92 Å². The number of anilines is 1. The van der Waals surface area contributed by atoms with Crippen LogP contribution in [0.3, 0.4) is 0 Å². The van der Waals surface area contributed by atoms with Gasteiger partial charge in [0.15, 0.2) is 0 Å². The minimum atomic E-state index is -0.0289. The first-order valence-corrected chi connectivity index (χ1v) is 8.34. The van der Waals surface area contributed by atoms with Gasteiger partial charge in [-0.3, -0.25) is 4.79 Å². The van der Waals surface area contributed by atoms with Crippen LogP contribution in [0.2, 0.25) is 0 Å². The highest BCUT2D eigenvalue weighted by Crippen LogP contribution is 2.28. The minimum absolute atomic E-state index is 0.0289. The van der Waals surface area contributed by atoms with E-state index in [2.05, 4.69) is 33.6 Å². The molecule has 120 valence electrons.